The van der Waals surface area contributed by atoms with E-state index in [4.69, 9.17) is 0 Å². The van der Waals surface area contributed by atoms with Crippen molar-refractivity contribution in [1.82, 2.24) is 25.3 Å². The van der Waals surface area contributed by atoms with Crippen LogP contribution in [0.5, 0.6) is 0 Å². The molecule has 0 aliphatic carbocycles. The second-order valence-electron chi connectivity index (χ2n) is 8.96. The molecule has 4 aromatic rings. The molecule has 1 aliphatic heterocycles. The van der Waals surface area contributed by atoms with Crippen LogP contribution in [0.2, 0.25) is 0 Å². The van der Waals surface area contributed by atoms with Crippen molar-refractivity contribution in [3.05, 3.63) is 77.7 Å². The van der Waals surface area contributed by atoms with Gasteiger partial charge in [-0.2, -0.15) is 18.3 Å². The molecule has 2 aromatic heterocycles. The number of rotatable bonds is 5. The van der Waals surface area contributed by atoms with Gasteiger partial charge in [-0.05, 0) is 49.7 Å². The van der Waals surface area contributed by atoms with Crippen LogP contribution in [0.15, 0.2) is 60.8 Å². The molecule has 0 amide bonds. The lowest BCUT2D eigenvalue weighted by atomic mass is 10.0. The zero-order valence-electron chi connectivity index (χ0n) is 19.6. The number of piperidine rings is 1. The Morgan fingerprint density at radius 2 is 1.69 bits per heavy atom. The number of hydrogen-bond donors (Lipinski definition) is 0. The van der Waals surface area contributed by atoms with Gasteiger partial charge in [-0.3, -0.25) is 4.90 Å². The van der Waals surface area contributed by atoms with E-state index < -0.39 is 17.6 Å². The molecular formula is C26H24F4N6. The molecule has 2 aromatic carbocycles. The molecular weight excluding hydrogens is 472 g/mol. The Balaban J connectivity index is 1.32. The van der Waals surface area contributed by atoms with Crippen LogP contribution in [0.3, 0.4) is 0 Å². The highest BCUT2D eigenvalue weighted by Crippen LogP contribution is 2.35. The number of benzene rings is 2. The summed E-state index contributed by atoms with van der Waals surface area (Å²) >= 11 is 0. The van der Waals surface area contributed by atoms with Crippen molar-refractivity contribution >= 4 is 16.6 Å². The number of hydrogen-bond acceptors (Lipinski definition) is 6. The van der Waals surface area contributed by atoms with E-state index in [1.54, 1.807) is 12.3 Å². The van der Waals surface area contributed by atoms with Gasteiger partial charge < -0.3 is 4.90 Å². The van der Waals surface area contributed by atoms with E-state index >= 15 is 0 Å². The van der Waals surface area contributed by atoms with Gasteiger partial charge in [-0.15, -0.1) is 15.3 Å². The van der Waals surface area contributed by atoms with Crippen molar-refractivity contribution in [2.75, 3.05) is 25.0 Å². The average molecular weight is 497 g/mol. The van der Waals surface area contributed by atoms with Crippen molar-refractivity contribution in [2.24, 2.45) is 0 Å². The normalized spacial score (nSPS) is 15.1. The number of nitrogens with zero attached hydrogens (tertiary/aromatic N) is 6. The first-order valence-electron chi connectivity index (χ1n) is 11.7. The monoisotopic (exact) mass is 496 g/mol. The molecule has 10 heteroatoms. The van der Waals surface area contributed by atoms with Crippen LogP contribution in [0.1, 0.15) is 24.0 Å². The van der Waals surface area contributed by atoms with Gasteiger partial charge in [0.25, 0.3) is 0 Å². The smallest absolute Gasteiger partial charge is 0.354 e. The quantitative estimate of drug-likeness (QED) is 0.348. The Morgan fingerprint density at radius 3 is 2.39 bits per heavy atom. The Morgan fingerprint density at radius 1 is 0.944 bits per heavy atom. The summed E-state index contributed by atoms with van der Waals surface area (Å²) in [5.41, 5.74) is 0.464. The van der Waals surface area contributed by atoms with Crippen molar-refractivity contribution < 1.29 is 17.6 Å². The van der Waals surface area contributed by atoms with E-state index in [0.717, 1.165) is 35.5 Å². The van der Waals surface area contributed by atoms with E-state index in [9.17, 15) is 17.6 Å². The van der Waals surface area contributed by atoms with E-state index in [1.807, 2.05) is 42.3 Å². The molecule has 0 saturated carbocycles. The third-order valence-corrected chi connectivity index (χ3v) is 6.67. The molecule has 3 heterocycles. The maximum Gasteiger partial charge on any atom is 0.416 e. The minimum absolute atomic E-state index is 0.0743. The molecule has 1 aliphatic rings. The number of fused-ring (bicyclic) bond motifs is 1. The summed E-state index contributed by atoms with van der Waals surface area (Å²) in [6.45, 7) is 1.47. The Kier molecular flexibility index (Phi) is 6.53. The van der Waals surface area contributed by atoms with Gasteiger partial charge in [-0.1, -0.05) is 30.3 Å². The van der Waals surface area contributed by atoms with Gasteiger partial charge in [0.05, 0.1) is 5.56 Å². The van der Waals surface area contributed by atoms with Crippen LogP contribution in [0.25, 0.3) is 22.2 Å². The number of halogens is 4. The van der Waals surface area contributed by atoms with Gasteiger partial charge in [0.15, 0.2) is 5.82 Å². The van der Waals surface area contributed by atoms with Crippen LogP contribution in [0.4, 0.5) is 23.4 Å². The highest BCUT2D eigenvalue weighted by atomic mass is 19.4. The third-order valence-electron chi connectivity index (χ3n) is 6.67. The lowest BCUT2D eigenvalue weighted by Crippen LogP contribution is -2.43. The van der Waals surface area contributed by atoms with Crippen LogP contribution in [0, 0.1) is 5.82 Å². The summed E-state index contributed by atoms with van der Waals surface area (Å²) in [5.74, 6) is -0.113. The van der Waals surface area contributed by atoms with Crippen LogP contribution < -0.4 is 4.90 Å². The Bertz CT molecular complexity index is 1350. The van der Waals surface area contributed by atoms with Crippen LogP contribution in [-0.4, -0.2) is 51.5 Å². The fraction of sp³-hybridized carbons (Fsp3) is 0.308. The van der Waals surface area contributed by atoms with Crippen LogP contribution >= 0.6 is 0 Å². The molecule has 186 valence electrons. The maximum atomic E-state index is 13.5. The van der Waals surface area contributed by atoms with Gasteiger partial charge in [0.1, 0.15) is 17.2 Å². The number of anilines is 1. The molecule has 1 saturated heterocycles. The van der Waals surface area contributed by atoms with Crippen molar-refractivity contribution in [1.29, 1.82) is 0 Å². The second-order valence-corrected chi connectivity index (χ2v) is 8.96. The predicted molar refractivity (Wildman–Crippen MR) is 129 cm³/mol. The summed E-state index contributed by atoms with van der Waals surface area (Å²) in [6.07, 6.45) is -1.49. The largest absolute Gasteiger partial charge is 0.416 e. The SMILES string of the molecule is CN(Cc1ccc(F)cc1C(F)(F)F)C1CCN(c2nnc(-c3cccnn3)c3ccccc23)CC1. The molecule has 0 radical (unpaired) electrons. The van der Waals surface area contributed by atoms with Crippen molar-refractivity contribution in [3.8, 4) is 11.4 Å². The average Bonchev–Trinajstić information content (AvgIpc) is 2.89. The Hall–Kier alpha value is -3.66. The predicted octanol–water partition coefficient (Wildman–Crippen LogP) is 5.35. The van der Waals surface area contributed by atoms with E-state index in [-0.39, 0.29) is 18.2 Å². The van der Waals surface area contributed by atoms with Crippen molar-refractivity contribution in [2.45, 2.75) is 31.6 Å². The lowest BCUT2D eigenvalue weighted by molar-refractivity contribution is -0.138. The molecule has 0 atom stereocenters. The van der Waals surface area contributed by atoms with Gasteiger partial charge in [0.2, 0.25) is 0 Å². The van der Waals surface area contributed by atoms with Gasteiger partial charge >= 0.3 is 6.18 Å². The molecule has 0 spiro atoms. The van der Waals surface area contributed by atoms with Gasteiger partial charge in [0, 0.05) is 42.6 Å². The summed E-state index contributed by atoms with van der Waals surface area (Å²) in [7, 11) is 1.81. The molecule has 36 heavy (non-hydrogen) atoms. The summed E-state index contributed by atoms with van der Waals surface area (Å²) < 4.78 is 53.7. The molecule has 0 bridgehead atoms. The lowest BCUT2D eigenvalue weighted by Gasteiger charge is -2.37. The first-order chi connectivity index (χ1) is 17.3. The minimum atomic E-state index is -4.60. The molecule has 0 unspecified atom stereocenters. The third kappa shape index (κ3) is 4.86. The Labute approximate surface area is 205 Å². The standard InChI is InChI=1S/C26H24F4N6/c1-35(16-17-8-9-18(27)15-22(17)26(28,29)30)19-10-13-36(14-11-19)25-21-6-3-2-5-20(21)24(33-34-25)23-7-4-12-31-32-23/h2-9,12,15,19H,10-11,13-14,16H2,1H3. The molecule has 0 N–H and O–H groups in total. The van der Waals surface area contributed by atoms with E-state index in [1.165, 1.54) is 6.07 Å². The van der Waals surface area contributed by atoms with E-state index in [0.29, 0.717) is 30.5 Å². The summed E-state index contributed by atoms with van der Waals surface area (Å²) in [6, 6.07) is 14.5. The van der Waals surface area contributed by atoms with Crippen LogP contribution in [-0.2, 0) is 12.7 Å². The zero-order valence-corrected chi connectivity index (χ0v) is 19.6. The van der Waals surface area contributed by atoms with Gasteiger partial charge in [-0.25, -0.2) is 4.39 Å². The molecule has 5 rings (SSSR count). The second kappa shape index (κ2) is 9.77. The first-order valence-corrected chi connectivity index (χ1v) is 11.7. The molecule has 6 nitrogen and oxygen atoms in total. The molecule has 1 fully saturated rings. The minimum Gasteiger partial charge on any atom is -0.354 e. The topological polar surface area (TPSA) is 58.0 Å². The highest BCUT2D eigenvalue weighted by Gasteiger charge is 2.34. The fourth-order valence-electron chi connectivity index (χ4n) is 4.81. The maximum absolute atomic E-state index is 13.5. The number of alkyl halides is 3. The summed E-state index contributed by atoms with van der Waals surface area (Å²) in [5, 5.41) is 19.0. The highest BCUT2D eigenvalue weighted by molar-refractivity contribution is 5.99. The fourth-order valence-corrected chi connectivity index (χ4v) is 4.81. The number of aromatic nitrogens is 4. The van der Waals surface area contributed by atoms with Crippen molar-refractivity contribution in [3.63, 3.8) is 0 Å². The van der Waals surface area contributed by atoms with E-state index in [2.05, 4.69) is 25.3 Å². The zero-order chi connectivity index (χ0) is 25.3. The first kappa shape index (κ1) is 24.1. The summed E-state index contributed by atoms with van der Waals surface area (Å²) in [4.78, 5) is 4.08.